The Morgan fingerprint density at radius 3 is 2.88 bits per heavy atom. The molecule has 0 saturated heterocycles. The van der Waals surface area contributed by atoms with Gasteiger partial charge in [0.05, 0.1) is 24.1 Å². The molecule has 0 radical (unpaired) electrons. The Morgan fingerprint density at radius 2 is 2.09 bits per heavy atom. The highest BCUT2D eigenvalue weighted by molar-refractivity contribution is 6.03. The van der Waals surface area contributed by atoms with E-state index in [1.165, 1.54) is 18.2 Å². The van der Waals surface area contributed by atoms with E-state index in [2.05, 4.69) is 10.4 Å². The van der Waals surface area contributed by atoms with E-state index >= 15 is 0 Å². The van der Waals surface area contributed by atoms with Crippen molar-refractivity contribution in [1.82, 2.24) is 9.78 Å². The minimum absolute atomic E-state index is 0.155. The van der Waals surface area contributed by atoms with Gasteiger partial charge in [-0.3, -0.25) is 9.48 Å². The van der Waals surface area contributed by atoms with Gasteiger partial charge >= 0.3 is 6.18 Å². The maximum atomic E-state index is 12.8. The minimum Gasteiger partial charge on any atom is -0.492 e. The lowest BCUT2D eigenvalue weighted by atomic mass is 10.1. The lowest BCUT2D eigenvalue weighted by Crippen LogP contribution is -2.12. The standard InChI is InChI=1S/C23H23F3N4O2/c24-23(25,26)18-5-3-7-19(8-4-6-18)32-14-13-30-16-17(15-28-30)11-12-22(31)29-21-10-2-1-9-20(21)27/h1-3,6-12,15-16H,4-5,13-14,27H2,(H,29,31)/b7-3-,12-11+,18-6+,19-8+. The molecule has 1 heterocycles. The van der Waals surface area contributed by atoms with Crippen LogP contribution in [0, 0.1) is 0 Å². The molecule has 0 spiro atoms. The van der Waals surface area contributed by atoms with Crippen LogP contribution in [0.2, 0.25) is 0 Å². The first-order chi connectivity index (χ1) is 15.3. The number of hydrogen-bond acceptors (Lipinski definition) is 4. The molecule has 0 fully saturated rings. The van der Waals surface area contributed by atoms with Gasteiger partial charge in [-0.15, -0.1) is 0 Å². The van der Waals surface area contributed by atoms with E-state index in [1.54, 1.807) is 59.6 Å². The molecule has 1 amide bonds. The molecule has 168 valence electrons. The predicted octanol–water partition coefficient (Wildman–Crippen LogP) is 4.86. The fourth-order valence-electron chi connectivity index (χ4n) is 2.91. The highest BCUT2D eigenvalue weighted by atomic mass is 19.4. The molecule has 3 N–H and O–H groups in total. The quantitative estimate of drug-likeness (QED) is 0.363. The number of benzene rings is 1. The summed E-state index contributed by atoms with van der Waals surface area (Å²) in [5.41, 5.74) is 7.00. The van der Waals surface area contributed by atoms with Crippen molar-refractivity contribution in [3.05, 3.63) is 83.9 Å². The number of anilines is 2. The smallest absolute Gasteiger partial charge is 0.412 e. The summed E-state index contributed by atoms with van der Waals surface area (Å²) in [5.74, 6) is 0.205. The second-order valence-corrected chi connectivity index (χ2v) is 6.97. The highest BCUT2D eigenvalue weighted by Crippen LogP contribution is 2.30. The zero-order valence-electron chi connectivity index (χ0n) is 17.2. The number of alkyl halides is 3. The zero-order chi connectivity index (χ0) is 23.0. The second kappa shape index (κ2) is 10.5. The average Bonchev–Trinajstić information content (AvgIpc) is 3.16. The average molecular weight is 444 g/mol. The first-order valence-corrected chi connectivity index (χ1v) is 9.93. The van der Waals surface area contributed by atoms with E-state index in [0.29, 0.717) is 30.3 Å². The zero-order valence-corrected chi connectivity index (χ0v) is 17.2. The van der Waals surface area contributed by atoms with Gasteiger partial charge in [0.1, 0.15) is 12.4 Å². The number of nitrogens with zero attached hydrogens (tertiary/aromatic N) is 2. The Morgan fingerprint density at radius 1 is 1.28 bits per heavy atom. The van der Waals surface area contributed by atoms with Crippen LogP contribution in [0.1, 0.15) is 18.4 Å². The number of rotatable bonds is 7. The lowest BCUT2D eigenvalue weighted by molar-refractivity contribution is -0.111. The van der Waals surface area contributed by atoms with Gasteiger partial charge in [0, 0.05) is 23.4 Å². The molecule has 1 aliphatic rings. The number of nitrogen functional groups attached to an aromatic ring is 1. The number of ether oxygens (including phenoxy) is 1. The number of aromatic nitrogens is 2. The molecule has 32 heavy (non-hydrogen) atoms. The van der Waals surface area contributed by atoms with Crippen LogP contribution in [0.3, 0.4) is 0 Å². The molecular formula is C23H23F3N4O2. The van der Waals surface area contributed by atoms with Gasteiger partial charge in [-0.25, -0.2) is 0 Å². The number of hydrogen-bond donors (Lipinski definition) is 2. The fourth-order valence-corrected chi connectivity index (χ4v) is 2.91. The third-order valence-corrected chi connectivity index (χ3v) is 4.56. The van der Waals surface area contributed by atoms with Gasteiger partial charge in [-0.1, -0.05) is 24.3 Å². The van der Waals surface area contributed by atoms with Crippen LogP contribution < -0.4 is 11.1 Å². The van der Waals surface area contributed by atoms with Gasteiger partial charge in [0.2, 0.25) is 5.91 Å². The first-order valence-electron chi connectivity index (χ1n) is 9.93. The molecular weight excluding hydrogens is 421 g/mol. The Balaban J connectivity index is 1.46. The van der Waals surface area contributed by atoms with E-state index in [1.807, 2.05) is 0 Å². The van der Waals surface area contributed by atoms with Crippen LogP contribution in [-0.2, 0) is 16.1 Å². The number of amides is 1. The molecule has 1 aromatic carbocycles. The van der Waals surface area contributed by atoms with Crippen molar-refractivity contribution in [3.63, 3.8) is 0 Å². The van der Waals surface area contributed by atoms with Crippen molar-refractivity contribution in [2.45, 2.75) is 25.6 Å². The number of carbonyl (C=O) groups excluding carboxylic acids is 1. The SMILES string of the molecule is Nc1ccccc1NC(=O)/C=C/c1cnn(CCOC2=C/C/C=C(/C(F)(F)F)C/C=C\2)c1. The fraction of sp³-hybridized carbons (Fsp3) is 0.217. The molecule has 9 heteroatoms. The van der Waals surface area contributed by atoms with Crippen LogP contribution in [0.4, 0.5) is 24.5 Å². The highest BCUT2D eigenvalue weighted by Gasteiger charge is 2.32. The van der Waals surface area contributed by atoms with E-state index < -0.39 is 11.7 Å². The topological polar surface area (TPSA) is 82.2 Å². The molecule has 0 unspecified atom stereocenters. The number of carbonyl (C=O) groups is 1. The van der Waals surface area contributed by atoms with Crippen LogP contribution in [0.15, 0.2) is 78.4 Å². The molecule has 3 rings (SSSR count). The van der Waals surface area contributed by atoms with Gasteiger partial charge in [0.15, 0.2) is 0 Å². The van der Waals surface area contributed by atoms with E-state index in [4.69, 9.17) is 10.5 Å². The molecule has 6 nitrogen and oxygen atoms in total. The molecule has 0 atom stereocenters. The summed E-state index contributed by atoms with van der Waals surface area (Å²) in [6.07, 6.45) is 7.82. The van der Waals surface area contributed by atoms with Crippen LogP contribution in [0.5, 0.6) is 0 Å². The predicted molar refractivity (Wildman–Crippen MR) is 117 cm³/mol. The number of halogens is 3. The minimum atomic E-state index is -4.31. The third-order valence-electron chi connectivity index (χ3n) is 4.56. The van der Waals surface area contributed by atoms with Crippen LogP contribution >= 0.6 is 0 Å². The maximum Gasteiger partial charge on any atom is 0.412 e. The van der Waals surface area contributed by atoms with E-state index in [-0.39, 0.29) is 18.7 Å². The molecule has 1 aliphatic carbocycles. The normalized spacial score (nSPS) is 18.7. The van der Waals surface area contributed by atoms with Gasteiger partial charge < -0.3 is 15.8 Å². The summed E-state index contributed by atoms with van der Waals surface area (Å²) in [6, 6.07) is 6.97. The number of nitrogens with one attached hydrogen (secondary N) is 1. The van der Waals surface area contributed by atoms with Crippen molar-refractivity contribution in [1.29, 1.82) is 0 Å². The summed E-state index contributed by atoms with van der Waals surface area (Å²) >= 11 is 0. The van der Waals surface area contributed by atoms with Crippen molar-refractivity contribution >= 4 is 23.4 Å². The van der Waals surface area contributed by atoms with Crippen LogP contribution in [0.25, 0.3) is 6.08 Å². The molecule has 1 aromatic heterocycles. The number of para-hydroxylation sites is 2. The van der Waals surface area contributed by atoms with Crippen molar-refractivity contribution in [3.8, 4) is 0 Å². The van der Waals surface area contributed by atoms with Crippen molar-refractivity contribution < 1.29 is 22.7 Å². The first kappa shape index (κ1) is 22.9. The monoisotopic (exact) mass is 444 g/mol. The number of nitrogens with two attached hydrogens (primary N) is 1. The van der Waals surface area contributed by atoms with Gasteiger partial charge in [-0.05, 0) is 43.2 Å². The lowest BCUT2D eigenvalue weighted by Gasteiger charge is -2.12. The molecule has 2 aromatic rings. The second-order valence-electron chi connectivity index (χ2n) is 6.97. The van der Waals surface area contributed by atoms with E-state index in [0.717, 1.165) is 5.56 Å². The van der Waals surface area contributed by atoms with Crippen molar-refractivity contribution in [2.75, 3.05) is 17.7 Å². The van der Waals surface area contributed by atoms with Crippen LogP contribution in [-0.4, -0.2) is 28.5 Å². The summed E-state index contributed by atoms with van der Waals surface area (Å²) in [4.78, 5) is 12.0. The largest absolute Gasteiger partial charge is 0.492 e. The summed E-state index contributed by atoms with van der Waals surface area (Å²) in [6.45, 7) is 0.736. The summed E-state index contributed by atoms with van der Waals surface area (Å²) in [5, 5.41) is 6.91. The van der Waals surface area contributed by atoms with Crippen molar-refractivity contribution in [2.24, 2.45) is 0 Å². The number of allylic oxidation sites excluding steroid dienone is 5. The molecule has 0 saturated carbocycles. The Kier molecular flexibility index (Phi) is 7.54. The Labute approximate surface area is 183 Å². The van der Waals surface area contributed by atoms with E-state index in [9.17, 15) is 18.0 Å². The Bertz CT molecular complexity index is 1070. The van der Waals surface area contributed by atoms with Gasteiger partial charge in [-0.2, -0.15) is 18.3 Å². The summed E-state index contributed by atoms with van der Waals surface area (Å²) < 4.78 is 45.6. The summed E-state index contributed by atoms with van der Waals surface area (Å²) in [7, 11) is 0. The maximum absolute atomic E-state index is 12.8. The van der Waals surface area contributed by atoms with Gasteiger partial charge in [0.25, 0.3) is 0 Å². The molecule has 0 bridgehead atoms. The third kappa shape index (κ3) is 6.90. The Hall–Kier alpha value is -3.75. The molecule has 0 aliphatic heterocycles.